The Labute approximate surface area is 250 Å². The highest BCUT2D eigenvalue weighted by Gasteiger charge is 2.13. The van der Waals surface area contributed by atoms with Gasteiger partial charge >= 0.3 is 11.9 Å². The molecule has 0 aromatic rings. The summed E-state index contributed by atoms with van der Waals surface area (Å²) in [6.45, 7) is 12.3. The smallest absolute Gasteiger partial charge is 0.305 e. The Hall–Kier alpha value is -1.06. The second kappa shape index (κ2) is 29.4. The number of ether oxygens (including phenoxy) is 2. The fourth-order valence-electron chi connectivity index (χ4n) is 5.53. The van der Waals surface area contributed by atoms with Crippen molar-refractivity contribution in [2.24, 2.45) is 17.8 Å². The molecular formula is C36H70O4. The van der Waals surface area contributed by atoms with Gasteiger partial charge in [-0.1, -0.05) is 150 Å². The molecule has 0 aromatic carbocycles. The number of rotatable bonds is 30. The third kappa shape index (κ3) is 24.7. The topological polar surface area (TPSA) is 52.6 Å². The van der Waals surface area contributed by atoms with Gasteiger partial charge in [-0.3, -0.25) is 9.59 Å². The second-order valence-electron chi connectivity index (χ2n) is 12.4. The molecule has 0 bridgehead atoms. The Bertz CT molecular complexity index is 561. The van der Waals surface area contributed by atoms with Crippen LogP contribution in [0.5, 0.6) is 0 Å². The molecular weight excluding hydrogens is 496 g/mol. The van der Waals surface area contributed by atoms with Crippen LogP contribution in [0.4, 0.5) is 0 Å². The normalized spacial score (nSPS) is 13.6. The van der Waals surface area contributed by atoms with Gasteiger partial charge in [-0.25, -0.2) is 0 Å². The molecule has 0 heterocycles. The SMILES string of the molecule is CCCCC(CC)COC(=O)CCCCCCCCCCCCCC(CC)CCC(=O)OCC(CC)CCCC. The summed E-state index contributed by atoms with van der Waals surface area (Å²) in [6.07, 6.45) is 28.0. The van der Waals surface area contributed by atoms with Gasteiger partial charge < -0.3 is 9.47 Å². The lowest BCUT2D eigenvalue weighted by Crippen LogP contribution is -2.14. The van der Waals surface area contributed by atoms with Gasteiger partial charge in [0.2, 0.25) is 0 Å². The highest BCUT2D eigenvalue weighted by atomic mass is 16.5. The maximum Gasteiger partial charge on any atom is 0.305 e. The first-order valence-electron chi connectivity index (χ1n) is 17.8. The maximum atomic E-state index is 12.2. The molecule has 3 unspecified atom stereocenters. The molecule has 0 saturated carbocycles. The van der Waals surface area contributed by atoms with Gasteiger partial charge in [0.25, 0.3) is 0 Å². The minimum absolute atomic E-state index is 0.000905. The molecule has 40 heavy (non-hydrogen) atoms. The summed E-state index contributed by atoms with van der Waals surface area (Å²) in [5.74, 6) is 1.75. The van der Waals surface area contributed by atoms with E-state index < -0.39 is 0 Å². The number of hydrogen-bond donors (Lipinski definition) is 0. The van der Waals surface area contributed by atoms with Crippen molar-refractivity contribution in [1.29, 1.82) is 0 Å². The summed E-state index contributed by atoms with van der Waals surface area (Å²) in [7, 11) is 0. The first-order valence-corrected chi connectivity index (χ1v) is 17.8. The van der Waals surface area contributed by atoms with E-state index in [1.54, 1.807) is 0 Å². The summed E-state index contributed by atoms with van der Waals surface area (Å²) in [6, 6.07) is 0. The third-order valence-electron chi connectivity index (χ3n) is 8.87. The van der Waals surface area contributed by atoms with Crippen LogP contribution < -0.4 is 0 Å². The molecule has 0 aromatic heterocycles. The lowest BCUT2D eigenvalue weighted by atomic mass is 9.93. The van der Waals surface area contributed by atoms with Gasteiger partial charge in [0, 0.05) is 12.8 Å². The van der Waals surface area contributed by atoms with Crippen LogP contribution in [-0.2, 0) is 19.1 Å². The van der Waals surface area contributed by atoms with Crippen molar-refractivity contribution < 1.29 is 19.1 Å². The van der Waals surface area contributed by atoms with Crippen molar-refractivity contribution in [2.75, 3.05) is 13.2 Å². The average molecular weight is 567 g/mol. The molecule has 3 atom stereocenters. The quantitative estimate of drug-likeness (QED) is 0.0641. The van der Waals surface area contributed by atoms with E-state index in [1.165, 1.54) is 109 Å². The van der Waals surface area contributed by atoms with Crippen LogP contribution in [-0.4, -0.2) is 25.2 Å². The summed E-state index contributed by atoms with van der Waals surface area (Å²) < 4.78 is 11.1. The van der Waals surface area contributed by atoms with E-state index in [2.05, 4.69) is 34.6 Å². The summed E-state index contributed by atoms with van der Waals surface area (Å²) >= 11 is 0. The van der Waals surface area contributed by atoms with E-state index in [0.717, 1.165) is 32.1 Å². The Kier molecular flexibility index (Phi) is 28.7. The molecule has 0 spiro atoms. The number of carbonyl (C=O) groups excluding carboxylic acids is 2. The fourth-order valence-corrected chi connectivity index (χ4v) is 5.53. The van der Waals surface area contributed by atoms with Gasteiger partial charge in [-0.15, -0.1) is 0 Å². The van der Waals surface area contributed by atoms with Gasteiger partial charge in [0.1, 0.15) is 0 Å². The van der Waals surface area contributed by atoms with Crippen molar-refractivity contribution in [1.82, 2.24) is 0 Å². The van der Waals surface area contributed by atoms with Gasteiger partial charge in [-0.2, -0.15) is 0 Å². The summed E-state index contributed by atoms with van der Waals surface area (Å²) in [4.78, 5) is 24.2. The monoisotopic (exact) mass is 567 g/mol. The molecule has 4 nitrogen and oxygen atoms in total. The number of unbranched alkanes of at least 4 members (excludes halogenated alkanes) is 12. The Morgan fingerprint density at radius 3 is 1.23 bits per heavy atom. The second-order valence-corrected chi connectivity index (χ2v) is 12.4. The van der Waals surface area contributed by atoms with Crippen LogP contribution in [0, 0.1) is 17.8 Å². The molecule has 0 radical (unpaired) electrons. The van der Waals surface area contributed by atoms with E-state index in [1.807, 2.05) is 0 Å². The average Bonchev–Trinajstić information content (AvgIpc) is 2.97. The summed E-state index contributed by atoms with van der Waals surface area (Å²) in [5, 5.41) is 0. The molecule has 238 valence electrons. The third-order valence-corrected chi connectivity index (χ3v) is 8.87. The van der Waals surface area contributed by atoms with E-state index in [4.69, 9.17) is 9.47 Å². The molecule has 0 aliphatic carbocycles. The van der Waals surface area contributed by atoms with E-state index in [0.29, 0.717) is 43.8 Å². The van der Waals surface area contributed by atoms with Gasteiger partial charge in [-0.05, 0) is 43.4 Å². The van der Waals surface area contributed by atoms with Crippen LogP contribution in [0.2, 0.25) is 0 Å². The van der Waals surface area contributed by atoms with E-state index >= 15 is 0 Å². The van der Waals surface area contributed by atoms with Crippen molar-refractivity contribution in [2.45, 2.75) is 189 Å². The fraction of sp³-hybridized carbons (Fsp3) is 0.944. The van der Waals surface area contributed by atoms with Crippen molar-refractivity contribution in [3.63, 3.8) is 0 Å². The summed E-state index contributed by atoms with van der Waals surface area (Å²) in [5.41, 5.74) is 0. The first kappa shape index (κ1) is 38.9. The van der Waals surface area contributed by atoms with Crippen LogP contribution in [0.3, 0.4) is 0 Å². The van der Waals surface area contributed by atoms with Crippen molar-refractivity contribution >= 4 is 11.9 Å². The minimum Gasteiger partial charge on any atom is -0.465 e. The molecule has 4 heteroatoms. The van der Waals surface area contributed by atoms with Gasteiger partial charge in [0.05, 0.1) is 13.2 Å². The minimum atomic E-state index is 0.000905. The van der Waals surface area contributed by atoms with Gasteiger partial charge in [0.15, 0.2) is 0 Å². The Balaban J connectivity index is 3.58. The lowest BCUT2D eigenvalue weighted by Gasteiger charge is -2.16. The zero-order valence-electron chi connectivity index (χ0n) is 27.7. The molecule has 0 saturated heterocycles. The zero-order chi connectivity index (χ0) is 29.7. The Morgan fingerprint density at radius 2 is 0.800 bits per heavy atom. The van der Waals surface area contributed by atoms with Crippen LogP contribution in [0.25, 0.3) is 0 Å². The molecule has 0 amide bonds. The highest BCUT2D eigenvalue weighted by Crippen LogP contribution is 2.21. The lowest BCUT2D eigenvalue weighted by molar-refractivity contribution is -0.146. The predicted octanol–water partition coefficient (Wildman–Crippen LogP) is 11.4. The van der Waals surface area contributed by atoms with Crippen LogP contribution in [0.1, 0.15) is 189 Å². The zero-order valence-corrected chi connectivity index (χ0v) is 27.7. The number of hydrogen-bond acceptors (Lipinski definition) is 4. The largest absolute Gasteiger partial charge is 0.465 e. The molecule has 0 aliphatic rings. The van der Waals surface area contributed by atoms with Crippen molar-refractivity contribution in [3.05, 3.63) is 0 Å². The predicted molar refractivity (Wildman–Crippen MR) is 172 cm³/mol. The molecule has 0 rings (SSSR count). The number of carbonyl (C=O) groups is 2. The highest BCUT2D eigenvalue weighted by molar-refractivity contribution is 5.69. The van der Waals surface area contributed by atoms with Crippen LogP contribution >= 0.6 is 0 Å². The standard InChI is InChI=1S/C36H70O4/c1-6-11-24-33(9-4)30-39-35(37)27-23-21-19-17-15-13-14-16-18-20-22-26-32(8-3)28-29-36(38)40-31-34(10-5)25-12-7-2/h32-34H,6-31H2,1-5H3. The maximum absolute atomic E-state index is 12.2. The van der Waals surface area contributed by atoms with E-state index in [9.17, 15) is 9.59 Å². The number of esters is 2. The first-order chi connectivity index (χ1) is 19.5. The van der Waals surface area contributed by atoms with Crippen LogP contribution in [0.15, 0.2) is 0 Å². The van der Waals surface area contributed by atoms with E-state index in [-0.39, 0.29) is 11.9 Å². The molecule has 0 N–H and O–H groups in total. The Morgan fingerprint density at radius 1 is 0.425 bits per heavy atom. The molecule has 0 fully saturated rings. The molecule has 0 aliphatic heterocycles. The van der Waals surface area contributed by atoms with Crippen molar-refractivity contribution in [3.8, 4) is 0 Å².